The predicted octanol–water partition coefficient (Wildman–Crippen LogP) is 5.25. The van der Waals surface area contributed by atoms with Crippen molar-refractivity contribution >= 4 is 39.6 Å². The number of benzene rings is 2. The first kappa shape index (κ1) is 20.2. The van der Waals surface area contributed by atoms with E-state index in [2.05, 4.69) is 31.2 Å². The second-order valence-electron chi connectivity index (χ2n) is 6.32. The standard InChI is InChI=1S/C19H18BrN5O2S/c1-13(2)18-22-23-19(28-12-14-6-8-16(20)9-7-14)24(18)21-11-15-4-3-5-17(10-15)25(26)27/h3-11,13H,12H2,1-2H3/b21-11+. The number of hydrogen-bond donors (Lipinski definition) is 0. The van der Waals surface area contributed by atoms with Gasteiger partial charge in [-0.1, -0.05) is 65.8 Å². The molecular formula is C19H18BrN5O2S. The lowest BCUT2D eigenvalue weighted by Gasteiger charge is -2.06. The highest BCUT2D eigenvalue weighted by Crippen LogP contribution is 2.25. The molecule has 2 aromatic carbocycles. The van der Waals surface area contributed by atoms with Gasteiger partial charge in [0, 0.05) is 33.8 Å². The summed E-state index contributed by atoms with van der Waals surface area (Å²) in [5.41, 5.74) is 1.83. The fraction of sp³-hybridized carbons (Fsp3) is 0.211. The zero-order valence-corrected chi connectivity index (χ0v) is 17.7. The molecule has 0 radical (unpaired) electrons. The van der Waals surface area contributed by atoms with Crippen molar-refractivity contribution in [3.63, 3.8) is 0 Å². The second-order valence-corrected chi connectivity index (χ2v) is 8.18. The quantitative estimate of drug-likeness (QED) is 0.208. The van der Waals surface area contributed by atoms with Gasteiger partial charge in [-0.2, -0.15) is 9.78 Å². The Kier molecular flexibility index (Phi) is 6.58. The molecule has 9 heteroatoms. The van der Waals surface area contributed by atoms with Crippen LogP contribution in [0.1, 0.15) is 36.7 Å². The highest BCUT2D eigenvalue weighted by Gasteiger charge is 2.15. The molecule has 3 rings (SSSR count). The second kappa shape index (κ2) is 9.11. The minimum atomic E-state index is -0.421. The molecule has 0 fully saturated rings. The predicted molar refractivity (Wildman–Crippen MR) is 114 cm³/mol. The number of aromatic nitrogens is 3. The molecule has 0 unspecified atom stereocenters. The smallest absolute Gasteiger partial charge is 0.258 e. The van der Waals surface area contributed by atoms with E-state index in [0.29, 0.717) is 10.7 Å². The van der Waals surface area contributed by atoms with Crippen LogP contribution in [0.3, 0.4) is 0 Å². The summed E-state index contributed by atoms with van der Waals surface area (Å²) in [5.74, 6) is 1.60. The van der Waals surface area contributed by atoms with Gasteiger partial charge < -0.3 is 0 Å². The third-order valence-corrected chi connectivity index (χ3v) is 5.36. The Morgan fingerprint density at radius 3 is 2.68 bits per heavy atom. The van der Waals surface area contributed by atoms with E-state index in [0.717, 1.165) is 21.6 Å². The summed E-state index contributed by atoms with van der Waals surface area (Å²) < 4.78 is 2.74. The van der Waals surface area contributed by atoms with Crippen LogP contribution in [0.15, 0.2) is 63.3 Å². The average Bonchev–Trinajstić information content (AvgIpc) is 3.09. The van der Waals surface area contributed by atoms with Gasteiger partial charge in [-0.15, -0.1) is 10.2 Å². The molecule has 0 amide bonds. The zero-order valence-electron chi connectivity index (χ0n) is 15.3. The molecule has 0 aliphatic rings. The largest absolute Gasteiger partial charge is 0.270 e. The van der Waals surface area contributed by atoms with E-state index >= 15 is 0 Å². The molecule has 1 heterocycles. The van der Waals surface area contributed by atoms with E-state index in [1.54, 1.807) is 23.0 Å². The zero-order chi connectivity index (χ0) is 20.1. The third-order valence-electron chi connectivity index (χ3n) is 3.84. The maximum absolute atomic E-state index is 11.0. The van der Waals surface area contributed by atoms with Crippen molar-refractivity contribution in [3.05, 3.63) is 80.1 Å². The lowest BCUT2D eigenvalue weighted by atomic mass is 10.2. The topological polar surface area (TPSA) is 86.2 Å². The molecule has 0 N–H and O–H groups in total. The first-order chi connectivity index (χ1) is 13.4. The number of rotatable bonds is 7. The molecule has 0 aliphatic heterocycles. The molecule has 0 atom stereocenters. The summed E-state index contributed by atoms with van der Waals surface area (Å²) in [7, 11) is 0. The normalized spacial score (nSPS) is 11.4. The summed E-state index contributed by atoms with van der Waals surface area (Å²) in [6, 6.07) is 14.4. The lowest BCUT2D eigenvalue weighted by molar-refractivity contribution is -0.384. The summed E-state index contributed by atoms with van der Waals surface area (Å²) in [6.07, 6.45) is 1.59. The summed E-state index contributed by atoms with van der Waals surface area (Å²) in [4.78, 5) is 10.5. The summed E-state index contributed by atoms with van der Waals surface area (Å²) in [6.45, 7) is 4.04. The average molecular weight is 460 g/mol. The van der Waals surface area contributed by atoms with Crippen LogP contribution in [0.2, 0.25) is 0 Å². The molecule has 1 aromatic heterocycles. The van der Waals surface area contributed by atoms with Crippen LogP contribution in [0, 0.1) is 10.1 Å². The Morgan fingerprint density at radius 1 is 1.25 bits per heavy atom. The number of nitro groups is 1. The molecule has 0 bridgehead atoms. The Labute approximate surface area is 175 Å². The number of nitro benzene ring substituents is 1. The van der Waals surface area contributed by atoms with Crippen LogP contribution in [-0.2, 0) is 5.75 Å². The van der Waals surface area contributed by atoms with E-state index in [1.807, 2.05) is 38.1 Å². The van der Waals surface area contributed by atoms with Gasteiger partial charge in [0.05, 0.1) is 11.1 Å². The van der Waals surface area contributed by atoms with Gasteiger partial charge in [0.2, 0.25) is 5.16 Å². The van der Waals surface area contributed by atoms with E-state index in [-0.39, 0.29) is 11.6 Å². The number of halogens is 1. The third kappa shape index (κ3) is 5.05. The minimum absolute atomic E-state index is 0.0293. The van der Waals surface area contributed by atoms with Crippen LogP contribution >= 0.6 is 27.7 Å². The van der Waals surface area contributed by atoms with Crippen molar-refractivity contribution < 1.29 is 4.92 Å². The summed E-state index contributed by atoms with van der Waals surface area (Å²) in [5, 5.41) is 24.7. The van der Waals surface area contributed by atoms with Gasteiger partial charge in [-0.3, -0.25) is 10.1 Å². The number of non-ortho nitro benzene ring substituents is 1. The summed E-state index contributed by atoms with van der Waals surface area (Å²) >= 11 is 4.97. The minimum Gasteiger partial charge on any atom is -0.258 e. The first-order valence-electron chi connectivity index (χ1n) is 8.55. The van der Waals surface area contributed by atoms with Crippen molar-refractivity contribution in [1.82, 2.24) is 14.9 Å². The van der Waals surface area contributed by atoms with Crippen LogP contribution in [0.4, 0.5) is 5.69 Å². The fourth-order valence-corrected chi connectivity index (χ4v) is 3.52. The molecule has 7 nitrogen and oxygen atoms in total. The SMILES string of the molecule is CC(C)c1nnc(SCc2ccc(Br)cc2)n1/N=C/c1cccc([N+](=O)[O-])c1. The van der Waals surface area contributed by atoms with Gasteiger partial charge in [-0.05, 0) is 17.7 Å². The van der Waals surface area contributed by atoms with Crippen LogP contribution in [-0.4, -0.2) is 26.0 Å². The molecule has 144 valence electrons. The van der Waals surface area contributed by atoms with Crippen molar-refractivity contribution in [2.45, 2.75) is 30.7 Å². The highest BCUT2D eigenvalue weighted by molar-refractivity contribution is 9.10. The van der Waals surface area contributed by atoms with Crippen molar-refractivity contribution in [2.24, 2.45) is 5.10 Å². The maximum atomic E-state index is 11.0. The number of thioether (sulfide) groups is 1. The van der Waals surface area contributed by atoms with Gasteiger partial charge in [0.1, 0.15) is 0 Å². The molecule has 0 aliphatic carbocycles. The Bertz CT molecular complexity index is 1000. The van der Waals surface area contributed by atoms with E-state index in [1.165, 1.54) is 23.9 Å². The molecule has 28 heavy (non-hydrogen) atoms. The van der Waals surface area contributed by atoms with Crippen LogP contribution in [0.5, 0.6) is 0 Å². The van der Waals surface area contributed by atoms with E-state index in [9.17, 15) is 10.1 Å². The highest BCUT2D eigenvalue weighted by atomic mass is 79.9. The molecule has 0 spiro atoms. The lowest BCUT2D eigenvalue weighted by Crippen LogP contribution is -2.02. The maximum Gasteiger partial charge on any atom is 0.270 e. The molecule has 0 saturated heterocycles. The van der Waals surface area contributed by atoms with E-state index in [4.69, 9.17) is 0 Å². The van der Waals surface area contributed by atoms with Crippen molar-refractivity contribution in [1.29, 1.82) is 0 Å². The molecular weight excluding hydrogens is 442 g/mol. The Morgan fingerprint density at radius 2 is 2.00 bits per heavy atom. The van der Waals surface area contributed by atoms with Gasteiger partial charge in [0.25, 0.3) is 5.69 Å². The Balaban J connectivity index is 1.84. The van der Waals surface area contributed by atoms with Crippen molar-refractivity contribution in [3.8, 4) is 0 Å². The first-order valence-corrected chi connectivity index (χ1v) is 10.3. The number of hydrogen-bond acceptors (Lipinski definition) is 6. The monoisotopic (exact) mass is 459 g/mol. The fourth-order valence-electron chi connectivity index (χ4n) is 2.41. The van der Waals surface area contributed by atoms with Crippen LogP contribution < -0.4 is 0 Å². The van der Waals surface area contributed by atoms with E-state index < -0.39 is 4.92 Å². The van der Waals surface area contributed by atoms with Crippen LogP contribution in [0.25, 0.3) is 0 Å². The molecule has 0 saturated carbocycles. The number of nitrogens with zero attached hydrogens (tertiary/aromatic N) is 5. The van der Waals surface area contributed by atoms with Gasteiger partial charge in [0.15, 0.2) is 5.82 Å². The van der Waals surface area contributed by atoms with Gasteiger partial charge >= 0.3 is 0 Å². The van der Waals surface area contributed by atoms with Gasteiger partial charge in [-0.25, -0.2) is 0 Å². The Hall–Kier alpha value is -2.52. The van der Waals surface area contributed by atoms with Crippen molar-refractivity contribution in [2.75, 3.05) is 0 Å². The molecule has 3 aromatic rings.